The van der Waals surface area contributed by atoms with Gasteiger partial charge in [0.05, 0.1) is 20.5 Å². The van der Waals surface area contributed by atoms with Crippen LogP contribution in [0.25, 0.3) is 0 Å². The van der Waals surface area contributed by atoms with Crippen LogP contribution in [0.2, 0.25) is 0 Å². The van der Waals surface area contributed by atoms with Crippen molar-refractivity contribution in [2.45, 2.75) is 10.6 Å². The molecule has 2 aliphatic rings. The normalized spacial score (nSPS) is 15.5. The number of carbonyl (C=O) groups excluding carboxylic acids is 1. The molecule has 0 aliphatic carbocycles. The summed E-state index contributed by atoms with van der Waals surface area (Å²) >= 11 is 2.99. The maximum absolute atomic E-state index is 12.3. The number of hydrogen-bond acceptors (Lipinski definition) is 6. The van der Waals surface area contributed by atoms with E-state index in [1.807, 2.05) is 24.3 Å². The number of anilines is 1. The second kappa shape index (κ2) is 6.03. The summed E-state index contributed by atoms with van der Waals surface area (Å²) in [4.78, 5) is 14.8. The van der Waals surface area contributed by atoms with Crippen LogP contribution in [0.15, 0.2) is 28.5 Å². The zero-order chi connectivity index (χ0) is 16.7. The highest BCUT2D eigenvalue weighted by Crippen LogP contribution is 2.42. The van der Waals surface area contributed by atoms with Gasteiger partial charge < -0.3 is 20.1 Å². The summed E-state index contributed by atoms with van der Waals surface area (Å²) in [6, 6.07) is 7.69. The number of nitrogens with two attached hydrogens (primary N) is 1. The van der Waals surface area contributed by atoms with E-state index < -0.39 is 0 Å². The first-order chi connectivity index (χ1) is 11.6. The lowest BCUT2D eigenvalue weighted by Crippen LogP contribution is -2.36. The molecular weight excluding hydrogens is 346 g/mol. The van der Waals surface area contributed by atoms with Crippen LogP contribution >= 0.6 is 23.1 Å². The van der Waals surface area contributed by atoms with Crippen molar-refractivity contribution in [1.29, 1.82) is 5.41 Å². The molecule has 0 radical (unpaired) electrons. The molecule has 3 N–H and O–H groups in total. The number of carbonyl (C=O) groups is 1. The largest absolute Gasteiger partial charge is 0.454 e. The molecule has 0 bridgehead atoms. The Kier molecular flexibility index (Phi) is 3.85. The quantitative estimate of drug-likeness (QED) is 0.645. The van der Waals surface area contributed by atoms with Crippen molar-refractivity contribution < 1.29 is 14.3 Å². The molecule has 4 rings (SSSR count). The third kappa shape index (κ3) is 2.71. The van der Waals surface area contributed by atoms with Gasteiger partial charge in [0.25, 0.3) is 0 Å². The number of amidine groups is 1. The van der Waals surface area contributed by atoms with Gasteiger partial charge in [-0.15, -0.1) is 23.1 Å². The van der Waals surface area contributed by atoms with Crippen LogP contribution < -0.4 is 20.1 Å². The monoisotopic (exact) mass is 361 g/mol. The summed E-state index contributed by atoms with van der Waals surface area (Å²) in [6.07, 6.45) is 0.720. The molecule has 2 aliphatic heterocycles. The topological polar surface area (TPSA) is 88.6 Å². The number of amides is 1. The molecule has 8 heteroatoms. The molecule has 6 nitrogen and oxygen atoms in total. The molecule has 1 aromatic carbocycles. The van der Waals surface area contributed by atoms with Crippen molar-refractivity contribution in [2.24, 2.45) is 5.73 Å². The molecular formula is C16H15N3O3S2. The average Bonchev–Trinajstić information content (AvgIpc) is 3.19. The van der Waals surface area contributed by atoms with E-state index in [2.05, 4.69) is 0 Å². The smallest absolute Gasteiger partial charge is 0.237 e. The Hall–Kier alpha value is -2.19. The van der Waals surface area contributed by atoms with E-state index in [-0.39, 0.29) is 18.5 Å². The van der Waals surface area contributed by atoms with E-state index in [4.69, 9.17) is 20.6 Å². The van der Waals surface area contributed by atoms with Crippen molar-refractivity contribution in [3.63, 3.8) is 0 Å². The lowest BCUT2D eigenvalue weighted by molar-refractivity contribution is -0.116. The van der Waals surface area contributed by atoms with Crippen LogP contribution in [0.5, 0.6) is 11.5 Å². The molecule has 0 saturated heterocycles. The second-order valence-corrected chi connectivity index (χ2v) is 7.76. The Balaban J connectivity index is 1.54. The highest BCUT2D eigenvalue weighted by molar-refractivity contribution is 8.02. The number of nitrogen functional groups attached to an aromatic ring is 1. The summed E-state index contributed by atoms with van der Waals surface area (Å²) in [7, 11) is 0. The third-order valence-electron chi connectivity index (χ3n) is 3.92. The van der Waals surface area contributed by atoms with Gasteiger partial charge in [-0.3, -0.25) is 10.2 Å². The zero-order valence-electron chi connectivity index (χ0n) is 12.7. The number of thiophene rings is 1. The van der Waals surface area contributed by atoms with Gasteiger partial charge in [-0.2, -0.15) is 0 Å². The van der Waals surface area contributed by atoms with Gasteiger partial charge in [0.2, 0.25) is 12.7 Å². The number of nitrogens with one attached hydrogen (secondary N) is 1. The Labute approximate surface area is 147 Å². The van der Waals surface area contributed by atoms with E-state index in [1.54, 1.807) is 4.90 Å². The first-order valence-electron chi connectivity index (χ1n) is 7.42. The predicted octanol–water partition coefficient (Wildman–Crippen LogP) is 2.44. The van der Waals surface area contributed by atoms with Gasteiger partial charge >= 0.3 is 0 Å². The average molecular weight is 361 g/mol. The summed E-state index contributed by atoms with van der Waals surface area (Å²) in [5.41, 5.74) is 7.54. The van der Waals surface area contributed by atoms with Crippen LogP contribution in [0.3, 0.4) is 0 Å². The molecule has 2 aromatic rings. The highest BCUT2D eigenvalue weighted by Gasteiger charge is 2.27. The van der Waals surface area contributed by atoms with Gasteiger partial charge in [-0.1, -0.05) is 6.07 Å². The van der Waals surface area contributed by atoms with Crippen LogP contribution in [0.4, 0.5) is 5.69 Å². The van der Waals surface area contributed by atoms with Gasteiger partial charge in [-0.25, -0.2) is 0 Å². The molecule has 0 spiro atoms. The van der Waals surface area contributed by atoms with Crippen LogP contribution in [0.1, 0.15) is 10.4 Å². The summed E-state index contributed by atoms with van der Waals surface area (Å²) in [5, 5.41) is 7.59. The molecule has 0 saturated carbocycles. The molecule has 124 valence electrons. The fourth-order valence-corrected chi connectivity index (χ4v) is 4.87. The fraction of sp³-hybridized carbons (Fsp3) is 0.250. The summed E-state index contributed by atoms with van der Waals surface area (Å²) in [6.45, 7) is 0.840. The van der Waals surface area contributed by atoms with Crippen LogP contribution in [0, 0.1) is 5.41 Å². The van der Waals surface area contributed by atoms with E-state index in [0.29, 0.717) is 17.2 Å². The number of hydrogen-bond donors (Lipinski definition) is 2. The molecule has 0 atom stereocenters. The zero-order valence-corrected chi connectivity index (χ0v) is 14.3. The fourth-order valence-electron chi connectivity index (χ4n) is 2.71. The summed E-state index contributed by atoms with van der Waals surface area (Å²) in [5.74, 6) is 2.06. The molecule has 1 amide bonds. The highest BCUT2D eigenvalue weighted by atomic mass is 32.2. The standard InChI is InChI=1S/C16H15N3O3S2/c17-15(18)13-6-10-16(24-13)23-7-14(20)19(10)4-3-9-1-2-11-12(5-9)22-8-21-11/h1-2,5-6H,3-4,7-8H2,(H3,17,18). The number of nitrogens with zero attached hydrogens (tertiary/aromatic N) is 1. The van der Waals surface area contributed by atoms with Crippen LogP contribution in [-0.4, -0.2) is 30.8 Å². The SMILES string of the molecule is N=C(N)c1cc2c(s1)SCC(=O)N2CCc1ccc2c(c1)OCO2. The number of ether oxygens (including phenoxy) is 2. The Morgan fingerprint density at radius 2 is 2.12 bits per heavy atom. The van der Waals surface area contributed by atoms with Gasteiger partial charge in [0.15, 0.2) is 11.5 Å². The Morgan fingerprint density at radius 3 is 2.96 bits per heavy atom. The van der Waals surface area contributed by atoms with Gasteiger partial charge in [0, 0.05) is 6.54 Å². The van der Waals surface area contributed by atoms with E-state index in [1.165, 1.54) is 23.1 Å². The first kappa shape index (κ1) is 15.3. The van der Waals surface area contributed by atoms with Gasteiger partial charge in [0.1, 0.15) is 5.84 Å². The van der Waals surface area contributed by atoms with Crippen LogP contribution in [-0.2, 0) is 11.2 Å². The maximum Gasteiger partial charge on any atom is 0.237 e. The minimum absolute atomic E-state index is 0.0400. The van der Waals surface area contributed by atoms with Crippen molar-refractivity contribution in [1.82, 2.24) is 0 Å². The number of fused-ring (bicyclic) bond motifs is 2. The molecule has 1 aromatic heterocycles. The van der Waals surface area contributed by atoms with Crippen molar-refractivity contribution in [2.75, 3.05) is 24.0 Å². The number of benzene rings is 1. The lowest BCUT2D eigenvalue weighted by Gasteiger charge is -2.26. The minimum atomic E-state index is 0.0400. The number of rotatable bonds is 4. The van der Waals surface area contributed by atoms with Crippen molar-refractivity contribution in [3.8, 4) is 11.5 Å². The van der Waals surface area contributed by atoms with Crippen molar-refractivity contribution >= 4 is 40.5 Å². The van der Waals surface area contributed by atoms with E-state index in [0.717, 1.165) is 33.4 Å². The molecule has 0 unspecified atom stereocenters. The lowest BCUT2D eigenvalue weighted by atomic mass is 10.1. The molecule has 0 fully saturated rings. The molecule has 3 heterocycles. The minimum Gasteiger partial charge on any atom is -0.454 e. The first-order valence-corrected chi connectivity index (χ1v) is 9.22. The van der Waals surface area contributed by atoms with Gasteiger partial charge in [-0.05, 0) is 30.2 Å². The second-order valence-electron chi connectivity index (χ2n) is 5.47. The maximum atomic E-state index is 12.3. The van der Waals surface area contributed by atoms with E-state index >= 15 is 0 Å². The molecule has 24 heavy (non-hydrogen) atoms. The van der Waals surface area contributed by atoms with E-state index in [9.17, 15) is 4.79 Å². The Morgan fingerprint density at radius 1 is 1.29 bits per heavy atom. The van der Waals surface area contributed by atoms with Crippen molar-refractivity contribution in [3.05, 3.63) is 34.7 Å². The summed E-state index contributed by atoms with van der Waals surface area (Å²) < 4.78 is 11.8. The number of thioether (sulfide) groups is 1. The predicted molar refractivity (Wildman–Crippen MR) is 94.7 cm³/mol. The third-order valence-corrected chi connectivity index (χ3v) is 6.34. The Bertz CT molecular complexity index is 834.